The van der Waals surface area contributed by atoms with Crippen molar-refractivity contribution in [2.75, 3.05) is 0 Å². The maximum absolute atomic E-state index is 8.33. The fourth-order valence-corrected chi connectivity index (χ4v) is 0. The minimum atomic E-state index is -2.33. The Bertz CT molecular complexity index is 73.7. The van der Waals surface area contributed by atoms with Crippen molar-refractivity contribution in [1.29, 1.82) is 0 Å². The zero-order valence-electron chi connectivity index (χ0n) is 4.10. The van der Waals surface area contributed by atoms with E-state index in [9.17, 15) is 0 Å². The Balaban J connectivity index is -0.0000000300. The van der Waals surface area contributed by atoms with Crippen LogP contribution in [-0.4, -0.2) is 12.3 Å². The van der Waals surface area contributed by atoms with Crippen LogP contribution < -0.4 is 20.4 Å². The summed E-state index contributed by atoms with van der Waals surface area (Å²) in [4.78, 5) is 16.7. The largest absolute Gasteiger partial charge is 2.00 e. The van der Waals surface area contributed by atoms with Crippen LogP contribution in [0.3, 0.4) is 0 Å². The number of hydrogen-bond donors (Lipinski definition) is 0. The molecule has 0 aromatic heterocycles. The van der Waals surface area contributed by atoms with Crippen molar-refractivity contribution in [3.63, 3.8) is 0 Å². The van der Waals surface area contributed by atoms with Crippen LogP contribution in [0.4, 0.5) is 9.59 Å². The number of carbonyl (C=O) groups is 2. The van der Waals surface area contributed by atoms with Crippen LogP contribution in [0.5, 0.6) is 0 Å². The van der Waals surface area contributed by atoms with Gasteiger partial charge in [-0.15, -0.1) is 0 Å². The number of hydrogen-bond acceptors (Lipinski definition) is 6. The van der Waals surface area contributed by atoms with Crippen molar-refractivity contribution in [1.82, 2.24) is 0 Å². The van der Waals surface area contributed by atoms with Crippen LogP contribution in [0.2, 0.25) is 0 Å². The van der Waals surface area contributed by atoms with E-state index >= 15 is 0 Å². The second kappa shape index (κ2) is 15.8. The molecule has 0 atom stereocenters. The molecule has 63 valence electrons. The van der Waals surface area contributed by atoms with Gasteiger partial charge in [0.05, 0.1) is 0 Å². The van der Waals surface area contributed by atoms with Gasteiger partial charge in [0.1, 0.15) is 0 Å². The van der Waals surface area contributed by atoms with Gasteiger partial charge in [0.15, 0.2) is 0 Å². The Kier molecular flexibility index (Phi) is 35.9. The average molecular weight is 239 g/mol. The molecule has 0 saturated carbocycles. The SMILES string of the molecule is O=C([O-])[O-].O=C([O-])[O-].[Cu+2].[Fe+2]. The Morgan fingerprint density at radius 2 is 0.800 bits per heavy atom. The van der Waals surface area contributed by atoms with Gasteiger partial charge in [-0.25, -0.2) is 0 Å². The van der Waals surface area contributed by atoms with E-state index in [1.807, 2.05) is 0 Å². The predicted molar refractivity (Wildman–Crippen MR) is 10.8 cm³/mol. The van der Waals surface area contributed by atoms with E-state index in [1.54, 1.807) is 0 Å². The van der Waals surface area contributed by atoms with E-state index < -0.39 is 12.3 Å². The Morgan fingerprint density at radius 1 is 0.800 bits per heavy atom. The van der Waals surface area contributed by atoms with E-state index in [1.165, 1.54) is 0 Å². The number of carbonyl (C=O) groups excluding carboxylic acids is 2. The third-order valence-electron chi connectivity index (χ3n) is 0. The normalized spacial score (nSPS) is 4.80. The molecule has 0 fully saturated rings. The smallest absolute Gasteiger partial charge is 0.652 e. The van der Waals surface area contributed by atoms with Gasteiger partial charge in [-0.2, -0.15) is 0 Å². The molecule has 8 heteroatoms. The first-order chi connectivity index (χ1) is 3.46. The van der Waals surface area contributed by atoms with Crippen molar-refractivity contribution in [2.24, 2.45) is 0 Å². The van der Waals surface area contributed by atoms with E-state index in [0.717, 1.165) is 0 Å². The Morgan fingerprint density at radius 3 is 0.800 bits per heavy atom. The van der Waals surface area contributed by atoms with Crippen LogP contribution in [0, 0.1) is 0 Å². The maximum atomic E-state index is 8.33. The molecule has 0 aliphatic carbocycles. The van der Waals surface area contributed by atoms with E-state index in [4.69, 9.17) is 30.0 Å². The van der Waals surface area contributed by atoms with Crippen molar-refractivity contribution in [2.45, 2.75) is 0 Å². The summed E-state index contributed by atoms with van der Waals surface area (Å²) in [5, 5.41) is 33.3. The third kappa shape index (κ3) is 1850. The minimum Gasteiger partial charge on any atom is -0.652 e. The first-order valence-corrected chi connectivity index (χ1v) is 1.22. The van der Waals surface area contributed by atoms with Crippen LogP contribution >= 0.6 is 0 Å². The summed E-state index contributed by atoms with van der Waals surface area (Å²) in [7, 11) is 0. The average Bonchev–Trinajstić information content (AvgIpc) is 1.25. The monoisotopic (exact) mass is 239 g/mol. The minimum absolute atomic E-state index is 0. The van der Waals surface area contributed by atoms with Gasteiger partial charge in [-0.05, 0) is 12.3 Å². The van der Waals surface area contributed by atoms with Crippen molar-refractivity contribution in [3.8, 4) is 0 Å². The summed E-state index contributed by atoms with van der Waals surface area (Å²) in [6.07, 6.45) is -4.67. The number of rotatable bonds is 0. The summed E-state index contributed by atoms with van der Waals surface area (Å²) >= 11 is 0. The molecule has 0 heterocycles. The summed E-state index contributed by atoms with van der Waals surface area (Å²) < 4.78 is 0. The van der Waals surface area contributed by atoms with E-state index in [-0.39, 0.29) is 34.1 Å². The molecule has 0 bridgehead atoms. The zero-order chi connectivity index (χ0) is 7.15. The molecule has 1 radical (unpaired) electrons. The van der Waals surface area contributed by atoms with Gasteiger partial charge in [0.25, 0.3) is 0 Å². The van der Waals surface area contributed by atoms with E-state index in [0.29, 0.717) is 0 Å². The molecular formula is C2CuFeO6. The van der Waals surface area contributed by atoms with Gasteiger partial charge in [0.2, 0.25) is 0 Å². The molecule has 0 unspecified atom stereocenters. The molecule has 0 amide bonds. The second-order valence-electron chi connectivity index (χ2n) is 0.500. The molecule has 0 aliphatic rings. The summed E-state index contributed by atoms with van der Waals surface area (Å²) in [5.41, 5.74) is 0. The maximum Gasteiger partial charge on any atom is 2.00 e. The summed E-state index contributed by atoms with van der Waals surface area (Å²) in [5.74, 6) is 0. The van der Waals surface area contributed by atoms with Crippen molar-refractivity contribution in [3.05, 3.63) is 0 Å². The molecule has 0 saturated heterocycles. The van der Waals surface area contributed by atoms with Gasteiger partial charge in [0, 0.05) is 0 Å². The van der Waals surface area contributed by atoms with Gasteiger partial charge < -0.3 is 30.0 Å². The first-order valence-electron chi connectivity index (χ1n) is 1.22. The molecular weight excluding hydrogens is 239 g/mol. The molecule has 0 rings (SSSR count). The van der Waals surface area contributed by atoms with E-state index in [2.05, 4.69) is 0 Å². The van der Waals surface area contributed by atoms with Crippen LogP contribution in [0.1, 0.15) is 0 Å². The fourth-order valence-electron chi connectivity index (χ4n) is 0. The molecule has 0 aromatic carbocycles. The van der Waals surface area contributed by atoms with Crippen molar-refractivity contribution >= 4 is 12.3 Å². The van der Waals surface area contributed by atoms with Gasteiger partial charge in [-0.3, -0.25) is 0 Å². The zero-order valence-corrected chi connectivity index (χ0v) is 6.15. The van der Waals surface area contributed by atoms with Crippen LogP contribution in [-0.2, 0) is 34.1 Å². The molecule has 6 nitrogen and oxygen atoms in total. The molecule has 0 N–H and O–H groups in total. The van der Waals surface area contributed by atoms with Gasteiger partial charge in [-0.1, -0.05) is 0 Å². The fraction of sp³-hybridized carbons (Fsp3) is 0. The van der Waals surface area contributed by atoms with Crippen molar-refractivity contribution < 1.29 is 64.2 Å². The quantitative estimate of drug-likeness (QED) is 0.390. The predicted octanol–water partition coefficient (Wildman–Crippen LogP) is -4.90. The topological polar surface area (TPSA) is 126 Å². The van der Waals surface area contributed by atoms with Crippen LogP contribution in [0.25, 0.3) is 0 Å². The molecule has 10 heavy (non-hydrogen) atoms. The Hall–Kier alpha value is -0.421. The van der Waals surface area contributed by atoms with Crippen LogP contribution in [0.15, 0.2) is 0 Å². The van der Waals surface area contributed by atoms with Gasteiger partial charge >= 0.3 is 34.1 Å². The molecule has 0 aromatic rings. The summed E-state index contributed by atoms with van der Waals surface area (Å²) in [6, 6.07) is 0. The summed E-state index contributed by atoms with van der Waals surface area (Å²) in [6.45, 7) is 0. The first kappa shape index (κ1) is 22.7. The molecule has 0 aliphatic heterocycles. The standard InChI is InChI=1S/2CH2O3.Cu.Fe/c2*2-1(3)4;;/h2*(H2,2,3,4);;/q;;2*+2/p-4. The molecule has 0 spiro atoms. The Labute approximate surface area is 76.8 Å². The third-order valence-corrected chi connectivity index (χ3v) is 0. The number of carboxylic acid groups (broad SMARTS) is 4. The second-order valence-corrected chi connectivity index (χ2v) is 0.500.